The summed E-state index contributed by atoms with van der Waals surface area (Å²) in [6.45, 7) is 6.32. The van der Waals surface area contributed by atoms with E-state index in [2.05, 4.69) is 17.7 Å². The lowest BCUT2D eigenvalue weighted by molar-refractivity contribution is -0.159. The summed E-state index contributed by atoms with van der Waals surface area (Å²) in [5, 5.41) is 0. The monoisotopic (exact) mass is 468 g/mol. The molecule has 33 heavy (non-hydrogen) atoms. The van der Waals surface area contributed by atoms with Crippen LogP contribution in [0.25, 0.3) is 0 Å². The average Bonchev–Trinajstić information content (AvgIpc) is 2.96. The van der Waals surface area contributed by atoms with E-state index in [1.54, 1.807) is 6.92 Å². The molecule has 0 radical (unpaired) electrons. The van der Waals surface area contributed by atoms with Gasteiger partial charge in [0.25, 0.3) is 0 Å². The van der Waals surface area contributed by atoms with Crippen molar-refractivity contribution < 1.29 is 37.0 Å². The van der Waals surface area contributed by atoms with Crippen molar-refractivity contribution in [3.8, 4) is 0 Å². The van der Waals surface area contributed by atoms with Crippen LogP contribution in [0.1, 0.15) is 72.6 Å². The first-order valence-electron chi connectivity index (χ1n) is 11.7. The first kappa shape index (κ1) is 24.0. The Morgan fingerprint density at radius 1 is 1.00 bits per heavy atom. The number of alkyl halides is 3. The van der Waals surface area contributed by atoms with E-state index in [4.69, 9.17) is 4.74 Å². The zero-order valence-electron chi connectivity index (χ0n) is 19.5. The van der Waals surface area contributed by atoms with Gasteiger partial charge in [-0.05, 0) is 61.7 Å². The second kappa shape index (κ2) is 7.98. The van der Waals surface area contributed by atoms with Gasteiger partial charge in [0.2, 0.25) is 5.76 Å². The van der Waals surface area contributed by atoms with E-state index in [-0.39, 0.29) is 47.2 Å². The van der Waals surface area contributed by atoms with Crippen molar-refractivity contribution >= 4 is 17.7 Å². The largest absolute Gasteiger partial charge is 0.462 e. The number of carbonyl (C=O) groups is 3. The lowest BCUT2D eigenvalue weighted by atomic mass is 9.48. The Kier molecular flexibility index (Phi) is 5.81. The van der Waals surface area contributed by atoms with Crippen molar-refractivity contribution in [3.63, 3.8) is 0 Å². The van der Waals surface area contributed by atoms with Gasteiger partial charge in [0, 0.05) is 31.3 Å². The minimum Gasteiger partial charge on any atom is -0.462 e. The maximum atomic E-state index is 13.7. The van der Waals surface area contributed by atoms with E-state index in [0.29, 0.717) is 19.3 Å². The molecule has 3 saturated carbocycles. The Bertz CT molecular complexity index is 948. The first-order valence-corrected chi connectivity index (χ1v) is 11.7. The lowest BCUT2D eigenvalue weighted by Crippen LogP contribution is -2.50. The van der Waals surface area contributed by atoms with Crippen LogP contribution in [0.15, 0.2) is 23.0 Å². The molecule has 6 atom stereocenters. The highest BCUT2D eigenvalue weighted by Gasteiger charge is 2.61. The number of esters is 2. The Labute approximate surface area is 191 Å². The van der Waals surface area contributed by atoms with Crippen LogP contribution in [0.2, 0.25) is 0 Å². The van der Waals surface area contributed by atoms with Gasteiger partial charge >= 0.3 is 18.1 Å². The van der Waals surface area contributed by atoms with Crippen molar-refractivity contribution in [2.75, 3.05) is 0 Å². The molecule has 0 aliphatic heterocycles. The predicted octanol–water partition coefficient (Wildman–Crippen LogP) is 5.44. The van der Waals surface area contributed by atoms with Crippen molar-refractivity contribution in [1.29, 1.82) is 0 Å². The Hall–Kier alpha value is -2.12. The van der Waals surface area contributed by atoms with Gasteiger partial charge in [-0.1, -0.05) is 25.5 Å². The van der Waals surface area contributed by atoms with Crippen LogP contribution < -0.4 is 0 Å². The van der Waals surface area contributed by atoms with Gasteiger partial charge in [-0.25, -0.2) is 0 Å². The second-order valence-corrected chi connectivity index (χ2v) is 10.6. The van der Waals surface area contributed by atoms with Crippen molar-refractivity contribution in [3.05, 3.63) is 23.0 Å². The topological polar surface area (TPSA) is 69.7 Å². The van der Waals surface area contributed by atoms with Crippen molar-refractivity contribution in [2.45, 2.75) is 84.9 Å². The summed E-state index contributed by atoms with van der Waals surface area (Å²) >= 11 is 0. The molecule has 6 unspecified atom stereocenters. The van der Waals surface area contributed by atoms with Gasteiger partial charge in [0.15, 0.2) is 5.78 Å². The molecule has 8 heteroatoms. The number of ether oxygens (including phenoxy) is 2. The maximum absolute atomic E-state index is 13.7. The van der Waals surface area contributed by atoms with E-state index in [1.807, 2.05) is 0 Å². The fourth-order valence-electron chi connectivity index (χ4n) is 7.23. The van der Waals surface area contributed by atoms with Crippen LogP contribution in [0.3, 0.4) is 0 Å². The first-order chi connectivity index (χ1) is 15.3. The molecule has 5 nitrogen and oxygen atoms in total. The maximum Gasteiger partial charge on any atom is 0.450 e. The van der Waals surface area contributed by atoms with Crippen LogP contribution in [-0.4, -0.2) is 30.0 Å². The molecule has 0 spiro atoms. The molecular weight excluding hydrogens is 437 g/mol. The third kappa shape index (κ3) is 3.93. The third-order valence-corrected chi connectivity index (χ3v) is 8.78. The van der Waals surface area contributed by atoms with E-state index in [9.17, 15) is 27.6 Å². The molecule has 0 amide bonds. The van der Waals surface area contributed by atoms with Crippen LogP contribution in [0.4, 0.5) is 13.2 Å². The van der Waals surface area contributed by atoms with Gasteiger partial charge in [0.1, 0.15) is 6.10 Å². The Balaban J connectivity index is 1.67. The third-order valence-electron chi connectivity index (χ3n) is 8.78. The number of ketones is 1. The highest BCUT2D eigenvalue weighted by Crippen LogP contribution is 2.65. The minimum absolute atomic E-state index is 0.0199. The molecular formula is C25H31F3O5. The molecule has 4 rings (SSSR count). The molecule has 0 bridgehead atoms. The molecule has 0 aromatic rings. The molecule has 4 aliphatic rings. The van der Waals surface area contributed by atoms with Gasteiger partial charge in [0.05, 0.1) is 0 Å². The van der Waals surface area contributed by atoms with Crippen molar-refractivity contribution in [2.24, 2.45) is 28.6 Å². The summed E-state index contributed by atoms with van der Waals surface area (Å²) in [5.41, 5.74) is -0.117. The van der Waals surface area contributed by atoms with Crippen LogP contribution >= 0.6 is 0 Å². The number of carbonyl (C=O) groups excluding carboxylic acids is 3. The molecule has 0 aromatic heterocycles. The van der Waals surface area contributed by atoms with Gasteiger partial charge < -0.3 is 9.47 Å². The second-order valence-electron chi connectivity index (χ2n) is 10.6. The number of fused-ring (bicyclic) bond motifs is 5. The standard InChI is InChI=1S/C25H31F3O5/c1-13(29)32-16-7-9-23(3)15(11-16)5-6-17-19(23)8-10-24(4)20(17)12-18(21(24)31)22(25(26,27)28)33-14(2)30/h5,16-17,19-20H,6-12H2,1-4H3/b22-18-. The molecule has 0 heterocycles. The van der Waals surface area contributed by atoms with Gasteiger partial charge in [-0.3, -0.25) is 14.4 Å². The normalized spacial score (nSPS) is 39.6. The molecule has 0 saturated heterocycles. The predicted molar refractivity (Wildman–Crippen MR) is 112 cm³/mol. The number of hydrogen-bond acceptors (Lipinski definition) is 5. The smallest absolute Gasteiger partial charge is 0.450 e. The minimum atomic E-state index is -4.90. The van der Waals surface area contributed by atoms with E-state index >= 15 is 0 Å². The summed E-state index contributed by atoms with van der Waals surface area (Å²) in [6, 6.07) is 0. The van der Waals surface area contributed by atoms with Crippen LogP contribution in [0.5, 0.6) is 0 Å². The number of hydrogen-bond donors (Lipinski definition) is 0. The van der Waals surface area contributed by atoms with Crippen LogP contribution in [0, 0.1) is 28.6 Å². The highest BCUT2D eigenvalue weighted by atomic mass is 19.4. The molecule has 0 aromatic carbocycles. The van der Waals surface area contributed by atoms with Gasteiger partial charge in [-0.2, -0.15) is 13.2 Å². The molecule has 182 valence electrons. The number of Topliss-reactive ketones (excluding diaryl/α,β-unsaturated/α-hetero) is 1. The fourth-order valence-corrected chi connectivity index (χ4v) is 7.23. The van der Waals surface area contributed by atoms with E-state index < -0.39 is 29.1 Å². The van der Waals surface area contributed by atoms with Crippen molar-refractivity contribution in [1.82, 2.24) is 0 Å². The van der Waals surface area contributed by atoms with Gasteiger partial charge in [-0.15, -0.1) is 0 Å². The Morgan fingerprint density at radius 3 is 2.27 bits per heavy atom. The number of allylic oxidation sites excluding steroid dienone is 3. The number of halogens is 3. The summed E-state index contributed by atoms with van der Waals surface area (Å²) in [4.78, 5) is 36.1. The molecule has 4 aliphatic carbocycles. The summed E-state index contributed by atoms with van der Waals surface area (Å²) in [7, 11) is 0. The number of rotatable bonds is 2. The zero-order valence-corrected chi connectivity index (χ0v) is 19.5. The zero-order chi connectivity index (χ0) is 24.3. The molecule has 3 fully saturated rings. The molecule has 0 N–H and O–H groups in total. The SMILES string of the molecule is CC(=O)O/C(=C1/CC2C3CC=C4CC(OC(C)=O)CCC4(C)C3CCC2(C)C1=O)C(F)(F)F. The average molecular weight is 469 g/mol. The summed E-state index contributed by atoms with van der Waals surface area (Å²) < 4.78 is 51.1. The summed E-state index contributed by atoms with van der Waals surface area (Å²) in [6.07, 6.45) is 1.38. The fraction of sp³-hybridized carbons (Fsp3) is 0.720. The highest BCUT2D eigenvalue weighted by molar-refractivity contribution is 6.03. The summed E-state index contributed by atoms with van der Waals surface area (Å²) in [5.74, 6) is -3.23. The lowest BCUT2D eigenvalue weighted by Gasteiger charge is -2.56. The van der Waals surface area contributed by atoms with Crippen LogP contribution in [-0.2, 0) is 23.9 Å². The van der Waals surface area contributed by atoms with E-state index in [1.165, 1.54) is 12.5 Å². The quantitative estimate of drug-likeness (QED) is 0.234. The Morgan fingerprint density at radius 2 is 1.67 bits per heavy atom. The van der Waals surface area contributed by atoms with E-state index in [0.717, 1.165) is 26.2 Å².